The van der Waals surface area contributed by atoms with E-state index in [-0.39, 0.29) is 16.4 Å². The van der Waals surface area contributed by atoms with E-state index in [0.29, 0.717) is 15.7 Å². The molecule has 1 atom stereocenters. The molecule has 0 heterocycles. The van der Waals surface area contributed by atoms with E-state index >= 15 is 0 Å². The highest BCUT2D eigenvalue weighted by molar-refractivity contribution is 7.85. The van der Waals surface area contributed by atoms with Crippen LogP contribution < -0.4 is 0 Å². The van der Waals surface area contributed by atoms with Crippen LogP contribution in [0.5, 0.6) is 11.5 Å². The molecule has 0 bridgehead atoms. The lowest BCUT2D eigenvalue weighted by atomic mass is 10.1. The molecule has 3 rings (SSSR count). The maximum absolute atomic E-state index is 12.5. The highest BCUT2D eigenvalue weighted by Gasteiger charge is 2.16. The predicted molar refractivity (Wildman–Crippen MR) is 78.4 cm³/mol. The summed E-state index contributed by atoms with van der Waals surface area (Å²) in [5, 5.41) is 21.4. The summed E-state index contributed by atoms with van der Waals surface area (Å²) >= 11 is 0. The number of rotatable bonds is 2. The Morgan fingerprint density at radius 1 is 0.800 bits per heavy atom. The lowest BCUT2D eigenvalue weighted by molar-refractivity contribution is 0.457. The number of hydrogen-bond donors (Lipinski definition) is 2. The van der Waals surface area contributed by atoms with Gasteiger partial charge in [-0.05, 0) is 12.1 Å². The first kappa shape index (κ1) is 12.7. The summed E-state index contributed by atoms with van der Waals surface area (Å²) in [5.74, 6) is -0.0433. The smallest absolute Gasteiger partial charge is 0.140 e. The zero-order chi connectivity index (χ0) is 14.1. The highest BCUT2D eigenvalue weighted by Crippen LogP contribution is 2.38. The van der Waals surface area contributed by atoms with Crippen molar-refractivity contribution in [3.8, 4) is 11.5 Å². The zero-order valence-electron chi connectivity index (χ0n) is 10.5. The molecule has 3 aromatic rings. The summed E-state index contributed by atoms with van der Waals surface area (Å²) < 4.78 is 12.5. The van der Waals surface area contributed by atoms with E-state index < -0.39 is 10.8 Å². The first-order valence-corrected chi connectivity index (χ1v) is 7.24. The summed E-state index contributed by atoms with van der Waals surface area (Å²) in [6.07, 6.45) is 0. The minimum Gasteiger partial charge on any atom is -0.507 e. The normalized spacial score (nSPS) is 12.4. The van der Waals surface area contributed by atoms with E-state index in [0.717, 1.165) is 0 Å². The van der Waals surface area contributed by atoms with Crippen molar-refractivity contribution in [3.63, 3.8) is 0 Å². The van der Waals surface area contributed by atoms with Crippen molar-refractivity contribution >= 4 is 21.6 Å². The van der Waals surface area contributed by atoms with E-state index in [9.17, 15) is 14.4 Å². The molecule has 0 aliphatic carbocycles. The van der Waals surface area contributed by atoms with Crippen molar-refractivity contribution in [2.24, 2.45) is 0 Å². The van der Waals surface area contributed by atoms with E-state index in [1.54, 1.807) is 48.5 Å². The molecule has 0 spiro atoms. The molecule has 2 N–H and O–H groups in total. The number of aromatic hydroxyl groups is 2. The average Bonchev–Trinajstić information content (AvgIpc) is 2.51. The maximum atomic E-state index is 12.5. The van der Waals surface area contributed by atoms with Crippen molar-refractivity contribution in [2.45, 2.75) is 9.79 Å². The van der Waals surface area contributed by atoms with E-state index in [1.807, 2.05) is 6.07 Å². The second-order valence-electron chi connectivity index (χ2n) is 4.37. The molecular formula is C16H12O3S. The SMILES string of the molecule is O=S(c1ccccc1)c1cc(O)c2ccccc2c1O. The Morgan fingerprint density at radius 2 is 1.40 bits per heavy atom. The largest absolute Gasteiger partial charge is 0.507 e. The number of fused-ring (bicyclic) bond motifs is 1. The van der Waals surface area contributed by atoms with Gasteiger partial charge in [0.05, 0.1) is 15.7 Å². The molecule has 0 aliphatic rings. The third kappa shape index (κ3) is 2.04. The second-order valence-corrected chi connectivity index (χ2v) is 5.82. The molecule has 0 aliphatic heterocycles. The van der Waals surface area contributed by atoms with Gasteiger partial charge in [-0.25, -0.2) is 4.21 Å². The standard InChI is InChI=1S/C16H12O3S/c17-14-10-15(20(19)11-6-2-1-3-7-11)16(18)13-9-5-4-8-12(13)14/h1-10,17-18H. The van der Waals surface area contributed by atoms with Crippen LogP contribution in [-0.2, 0) is 10.8 Å². The van der Waals surface area contributed by atoms with Gasteiger partial charge in [-0.1, -0.05) is 42.5 Å². The van der Waals surface area contributed by atoms with Crippen molar-refractivity contribution in [1.82, 2.24) is 0 Å². The van der Waals surface area contributed by atoms with Gasteiger partial charge in [0.2, 0.25) is 0 Å². The molecule has 20 heavy (non-hydrogen) atoms. The minimum absolute atomic E-state index is 0.0117. The Hall–Kier alpha value is -2.33. The maximum Gasteiger partial charge on any atom is 0.140 e. The fraction of sp³-hybridized carbons (Fsp3) is 0. The van der Waals surface area contributed by atoms with Crippen molar-refractivity contribution < 1.29 is 14.4 Å². The van der Waals surface area contributed by atoms with Crippen LogP contribution in [0.4, 0.5) is 0 Å². The van der Waals surface area contributed by atoms with Crippen molar-refractivity contribution in [3.05, 3.63) is 60.7 Å². The lowest BCUT2D eigenvalue weighted by Crippen LogP contribution is -1.94. The molecule has 0 aromatic heterocycles. The van der Waals surface area contributed by atoms with Crippen LogP contribution in [0.1, 0.15) is 0 Å². The van der Waals surface area contributed by atoms with Gasteiger partial charge in [0.1, 0.15) is 11.5 Å². The van der Waals surface area contributed by atoms with Crippen LogP contribution in [0.15, 0.2) is 70.5 Å². The van der Waals surface area contributed by atoms with Gasteiger partial charge in [-0.3, -0.25) is 0 Å². The Morgan fingerprint density at radius 3 is 2.10 bits per heavy atom. The van der Waals surface area contributed by atoms with Crippen molar-refractivity contribution in [1.29, 1.82) is 0 Å². The van der Waals surface area contributed by atoms with Gasteiger partial charge in [0.25, 0.3) is 0 Å². The van der Waals surface area contributed by atoms with E-state index in [2.05, 4.69) is 0 Å². The molecule has 0 radical (unpaired) electrons. The summed E-state index contributed by atoms with van der Waals surface area (Å²) in [4.78, 5) is 0.796. The molecule has 3 aromatic carbocycles. The molecule has 3 nitrogen and oxygen atoms in total. The Kier molecular flexibility index (Phi) is 3.16. The summed E-state index contributed by atoms with van der Waals surface area (Å²) in [6.45, 7) is 0. The van der Waals surface area contributed by atoms with Gasteiger partial charge in [-0.15, -0.1) is 0 Å². The van der Waals surface area contributed by atoms with Crippen LogP contribution >= 0.6 is 0 Å². The molecule has 0 saturated carbocycles. The topological polar surface area (TPSA) is 57.5 Å². The molecule has 100 valence electrons. The van der Waals surface area contributed by atoms with E-state index in [4.69, 9.17) is 0 Å². The summed E-state index contributed by atoms with van der Waals surface area (Å²) in [7, 11) is -1.53. The summed E-state index contributed by atoms with van der Waals surface area (Å²) in [6, 6.07) is 17.1. The molecular weight excluding hydrogens is 272 g/mol. The van der Waals surface area contributed by atoms with Crippen LogP contribution in [0.3, 0.4) is 0 Å². The third-order valence-corrected chi connectivity index (χ3v) is 4.53. The van der Waals surface area contributed by atoms with Gasteiger partial charge in [-0.2, -0.15) is 0 Å². The first-order chi connectivity index (χ1) is 9.68. The van der Waals surface area contributed by atoms with Crippen LogP contribution in [0.2, 0.25) is 0 Å². The fourth-order valence-corrected chi connectivity index (χ4v) is 3.29. The van der Waals surface area contributed by atoms with Crippen LogP contribution in [0.25, 0.3) is 10.8 Å². The van der Waals surface area contributed by atoms with Crippen LogP contribution in [-0.4, -0.2) is 14.4 Å². The van der Waals surface area contributed by atoms with Gasteiger partial charge in [0, 0.05) is 21.7 Å². The average molecular weight is 284 g/mol. The minimum atomic E-state index is -1.53. The quantitative estimate of drug-likeness (QED) is 0.709. The Balaban J connectivity index is 2.23. The highest BCUT2D eigenvalue weighted by atomic mass is 32.2. The predicted octanol–water partition coefficient (Wildman–Crippen LogP) is 3.42. The third-order valence-electron chi connectivity index (χ3n) is 3.12. The monoisotopic (exact) mass is 284 g/mol. The van der Waals surface area contributed by atoms with Crippen LogP contribution in [0, 0.1) is 0 Å². The molecule has 0 saturated heterocycles. The van der Waals surface area contributed by atoms with Crippen molar-refractivity contribution in [2.75, 3.05) is 0 Å². The zero-order valence-corrected chi connectivity index (χ0v) is 11.3. The molecule has 0 fully saturated rings. The van der Waals surface area contributed by atoms with Gasteiger partial charge in [0.15, 0.2) is 0 Å². The summed E-state index contributed by atoms with van der Waals surface area (Å²) in [5.41, 5.74) is 0. The van der Waals surface area contributed by atoms with Gasteiger partial charge < -0.3 is 10.2 Å². The Bertz CT molecular complexity index is 797. The molecule has 4 heteroatoms. The first-order valence-electron chi connectivity index (χ1n) is 6.09. The fourth-order valence-electron chi connectivity index (χ4n) is 2.13. The lowest BCUT2D eigenvalue weighted by Gasteiger charge is -2.09. The van der Waals surface area contributed by atoms with E-state index in [1.165, 1.54) is 6.07 Å². The molecule has 0 amide bonds. The van der Waals surface area contributed by atoms with Gasteiger partial charge >= 0.3 is 0 Å². The second kappa shape index (κ2) is 4.98. The number of phenols is 2. The number of phenolic OH excluding ortho intramolecular Hbond substituents is 2. The Labute approximate surface area is 118 Å². The number of benzene rings is 3. The number of hydrogen-bond acceptors (Lipinski definition) is 3. The molecule has 1 unspecified atom stereocenters.